The molecule has 0 saturated carbocycles. The van der Waals surface area contributed by atoms with Gasteiger partial charge in [0.1, 0.15) is 10.9 Å². The summed E-state index contributed by atoms with van der Waals surface area (Å²) in [6, 6.07) is 1.39. The van der Waals surface area contributed by atoms with Crippen molar-refractivity contribution in [3.8, 4) is 0 Å². The average Bonchev–Trinajstić information content (AvgIpc) is 2.41. The van der Waals surface area contributed by atoms with Crippen molar-refractivity contribution in [1.29, 1.82) is 0 Å². The standard InChI is InChI=1S/C7H5Cl2NO3S/c8-4-1-3(6(9)14-4)7(13)10-2-5(11)12/h1H,2H2,(H,10,13)(H,11,12). The van der Waals surface area contributed by atoms with Crippen molar-refractivity contribution < 1.29 is 14.7 Å². The highest BCUT2D eigenvalue weighted by atomic mass is 35.5. The maximum Gasteiger partial charge on any atom is 0.322 e. The van der Waals surface area contributed by atoms with Gasteiger partial charge in [-0.25, -0.2) is 0 Å². The zero-order chi connectivity index (χ0) is 10.7. The van der Waals surface area contributed by atoms with Crippen molar-refractivity contribution in [2.24, 2.45) is 0 Å². The second-order valence-corrected chi connectivity index (χ2v) is 4.60. The normalized spacial score (nSPS) is 9.86. The van der Waals surface area contributed by atoms with E-state index < -0.39 is 18.4 Å². The summed E-state index contributed by atoms with van der Waals surface area (Å²) in [5.41, 5.74) is 0.197. The van der Waals surface area contributed by atoms with Crippen LogP contribution in [-0.2, 0) is 4.79 Å². The van der Waals surface area contributed by atoms with Crippen molar-refractivity contribution in [2.45, 2.75) is 0 Å². The molecule has 0 aliphatic rings. The number of nitrogens with one attached hydrogen (secondary N) is 1. The zero-order valence-corrected chi connectivity index (χ0v) is 9.04. The first-order valence-electron chi connectivity index (χ1n) is 3.45. The predicted octanol–water partition coefficient (Wildman–Crippen LogP) is 1.87. The molecule has 4 nitrogen and oxygen atoms in total. The maximum atomic E-state index is 11.3. The molecule has 2 N–H and O–H groups in total. The Labute approximate surface area is 93.4 Å². The number of amides is 1. The second kappa shape index (κ2) is 4.63. The van der Waals surface area contributed by atoms with Crippen molar-refractivity contribution in [3.63, 3.8) is 0 Å². The van der Waals surface area contributed by atoms with Crippen LogP contribution in [0.25, 0.3) is 0 Å². The summed E-state index contributed by atoms with van der Waals surface area (Å²) in [7, 11) is 0. The molecule has 0 saturated heterocycles. The van der Waals surface area contributed by atoms with Gasteiger partial charge in [0.25, 0.3) is 5.91 Å². The Kier molecular flexibility index (Phi) is 3.74. The molecule has 0 unspecified atom stereocenters. The fourth-order valence-electron chi connectivity index (χ4n) is 0.746. The van der Waals surface area contributed by atoms with E-state index in [4.69, 9.17) is 28.3 Å². The van der Waals surface area contributed by atoms with Gasteiger partial charge in [0.2, 0.25) is 0 Å². The van der Waals surface area contributed by atoms with Gasteiger partial charge in [0, 0.05) is 0 Å². The molecular formula is C7H5Cl2NO3S. The van der Waals surface area contributed by atoms with Crippen LogP contribution in [0.1, 0.15) is 10.4 Å². The quantitative estimate of drug-likeness (QED) is 0.865. The largest absolute Gasteiger partial charge is 0.480 e. The molecule has 1 heterocycles. The smallest absolute Gasteiger partial charge is 0.322 e. The van der Waals surface area contributed by atoms with Gasteiger partial charge in [-0.1, -0.05) is 23.2 Å². The first kappa shape index (κ1) is 11.3. The molecule has 0 radical (unpaired) electrons. The van der Waals surface area contributed by atoms with Crippen LogP contribution in [0.3, 0.4) is 0 Å². The molecule has 0 atom stereocenters. The third kappa shape index (κ3) is 2.87. The van der Waals surface area contributed by atoms with E-state index in [9.17, 15) is 9.59 Å². The van der Waals surface area contributed by atoms with E-state index in [1.54, 1.807) is 0 Å². The van der Waals surface area contributed by atoms with Gasteiger partial charge in [-0.05, 0) is 6.07 Å². The highest BCUT2D eigenvalue weighted by molar-refractivity contribution is 7.20. The molecule has 0 bridgehead atoms. The average molecular weight is 254 g/mol. The molecule has 0 aromatic carbocycles. The minimum atomic E-state index is -1.12. The van der Waals surface area contributed by atoms with Gasteiger partial charge in [0.05, 0.1) is 9.90 Å². The Hall–Kier alpha value is -0.780. The van der Waals surface area contributed by atoms with E-state index in [-0.39, 0.29) is 9.90 Å². The zero-order valence-electron chi connectivity index (χ0n) is 6.71. The monoisotopic (exact) mass is 253 g/mol. The molecule has 1 amide bonds. The van der Waals surface area contributed by atoms with Crippen LogP contribution in [0.4, 0.5) is 0 Å². The van der Waals surface area contributed by atoms with Crippen molar-refractivity contribution >= 4 is 46.4 Å². The van der Waals surface area contributed by atoms with Gasteiger partial charge in [-0.15, -0.1) is 11.3 Å². The lowest BCUT2D eigenvalue weighted by molar-refractivity contribution is -0.135. The summed E-state index contributed by atoms with van der Waals surface area (Å²) >= 11 is 12.3. The third-order valence-electron chi connectivity index (χ3n) is 1.30. The van der Waals surface area contributed by atoms with Crippen molar-refractivity contribution in [2.75, 3.05) is 6.54 Å². The number of halogens is 2. The molecule has 14 heavy (non-hydrogen) atoms. The molecule has 1 rings (SSSR count). The third-order valence-corrected chi connectivity index (χ3v) is 2.79. The summed E-state index contributed by atoms with van der Waals surface area (Å²) in [6.07, 6.45) is 0. The predicted molar refractivity (Wildman–Crippen MR) is 54.3 cm³/mol. The molecule has 0 aliphatic carbocycles. The Morgan fingerprint density at radius 1 is 1.50 bits per heavy atom. The molecule has 0 fully saturated rings. The van der Waals surface area contributed by atoms with Gasteiger partial charge in [0.15, 0.2) is 0 Å². The lowest BCUT2D eigenvalue weighted by Crippen LogP contribution is -2.29. The molecule has 0 aliphatic heterocycles. The summed E-state index contributed by atoms with van der Waals surface area (Å²) < 4.78 is 0.633. The minimum absolute atomic E-state index is 0.197. The number of carbonyl (C=O) groups excluding carboxylic acids is 1. The second-order valence-electron chi connectivity index (χ2n) is 2.31. The highest BCUT2D eigenvalue weighted by Crippen LogP contribution is 2.30. The summed E-state index contributed by atoms with van der Waals surface area (Å²) in [5.74, 6) is -1.66. The van der Waals surface area contributed by atoms with Crippen LogP contribution in [-0.4, -0.2) is 23.5 Å². The maximum absolute atomic E-state index is 11.3. The number of aliphatic carboxylic acids is 1. The number of carbonyl (C=O) groups is 2. The SMILES string of the molecule is O=C(O)CNC(=O)c1cc(Cl)sc1Cl. The Bertz CT molecular complexity index is 377. The number of hydrogen-bond acceptors (Lipinski definition) is 3. The first-order chi connectivity index (χ1) is 6.50. The van der Waals surface area contributed by atoms with Crippen LogP contribution >= 0.6 is 34.5 Å². The van der Waals surface area contributed by atoms with Gasteiger partial charge in [-0.2, -0.15) is 0 Å². The van der Waals surface area contributed by atoms with Crippen LogP contribution in [0.2, 0.25) is 8.67 Å². The van der Waals surface area contributed by atoms with Crippen LogP contribution < -0.4 is 5.32 Å². The summed E-state index contributed by atoms with van der Waals surface area (Å²) in [6.45, 7) is -0.442. The van der Waals surface area contributed by atoms with Gasteiger partial charge < -0.3 is 10.4 Å². The lowest BCUT2D eigenvalue weighted by atomic mass is 10.3. The number of rotatable bonds is 3. The molecular weight excluding hydrogens is 249 g/mol. The Morgan fingerprint density at radius 2 is 2.14 bits per heavy atom. The van der Waals surface area contributed by atoms with Crippen molar-refractivity contribution in [3.05, 3.63) is 20.3 Å². The number of hydrogen-bond donors (Lipinski definition) is 2. The lowest BCUT2D eigenvalue weighted by Gasteiger charge is -1.99. The molecule has 1 aromatic rings. The topological polar surface area (TPSA) is 66.4 Å². The van der Waals surface area contributed by atoms with Crippen LogP contribution in [0, 0.1) is 0 Å². The fraction of sp³-hybridized carbons (Fsp3) is 0.143. The molecule has 0 spiro atoms. The van der Waals surface area contributed by atoms with Crippen LogP contribution in [0.5, 0.6) is 0 Å². The van der Waals surface area contributed by atoms with E-state index in [1.807, 2.05) is 0 Å². The Morgan fingerprint density at radius 3 is 2.57 bits per heavy atom. The van der Waals surface area contributed by atoms with E-state index in [0.717, 1.165) is 11.3 Å². The first-order valence-corrected chi connectivity index (χ1v) is 5.02. The number of thiophene rings is 1. The minimum Gasteiger partial charge on any atom is -0.480 e. The summed E-state index contributed by atoms with van der Waals surface area (Å²) in [4.78, 5) is 21.4. The van der Waals surface area contributed by atoms with Crippen LogP contribution in [0.15, 0.2) is 6.07 Å². The van der Waals surface area contributed by atoms with E-state index in [1.165, 1.54) is 6.07 Å². The number of carboxylic acids is 1. The molecule has 76 valence electrons. The number of carboxylic acid groups (broad SMARTS) is 1. The molecule has 7 heteroatoms. The molecule has 1 aromatic heterocycles. The van der Waals surface area contributed by atoms with E-state index in [0.29, 0.717) is 4.34 Å². The van der Waals surface area contributed by atoms with Gasteiger partial charge >= 0.3 is 5.97 Å². The Balaban J connectivity index is 2.69. The fourth-order valence-corrected chi connectivity index (χ4v) is 2.20. The van der Waals surface area contributed by atoms with E-state index >= 15 is 0 Å². The van der Waals surface area contributed by atoms with Crippen molar-refractivity contribution in [1.82, 2.24) is 5.32 Å². The summed E-state index contributed by atoms with van der Waals surface area (Å²) in [5, 5.41) is 10.5. The van der Waals surface area contributed by atoms with E-state index in [2.05, 4.69) is 5.32 Å². The highest BCUT2D eigenvalue weighted by Gasteiger charge is 2.14. The van der Waals surface area contributed by atoms with Gasteiger partial charge in [-0.3, -0.25) is 9.59 Å².